The van der Waals surface area contributed by atoms with Crippen LogP contribution in [-0.2, 0) is 23.8 Å². The zero-order valence-corrected chi connectivity index (χ0v) is 7.85. The summed E-state index contributed by atoms with van der Waals surface area (Å²) in [7, 11) is 2.34. The van der Waals surface area contributed by atoms with E-state index in [0.29, 0.717) is 0 Å². The fraction of sp³-hybridized carbons (Fsp3) is 0.333. The van der Waals surface area contributed by atoms with Crippen molar-refractivity contribution in [3.8, 4) is 0 Å². The van der Waals surface area contributed by atoms with Gasteiger partial charge in [0.25, 0.3) is 0 Å². The molecule has 5 heteroatoms. The summed E-state index contributed by atoms with van der Waals surface area (Å²) in [6.45, 7) is 0. The van der Waals surface area contributed by atoms with Crippen LogP contribution in [0.15, 0.2) is 24.5 Å². The van der Waals surface area contributed by atoms with Crippen molar-refractivity contribution in [1.82, 2.24) is 0 Å². The minimum atomic E-state index is -1.79. The second kappa shape index (κ2) is 3.95. The lowest BCUT2D eigenvalue weighted by Crippen LogP contribution is -2.48. The molecule has 0 amide bonds. The Labute approximate surface area is 80.9 Å². The lowest BCUT2D eigenvalue weighted by molar-refractivity contribution is -0.175. The monoisotopic (exact) mass is 198 g/mol. The Hall–Kier alpha value is -1.78. The van der Waals surface area contributed by atoms with Crippen molar-refractivity contribution >= 4 is 11.9 Å². The fourth-order valence-electron chi connectivity index (χ4n) is 1.04. The van der Waals surface area contributed by atoms with Gasteiger partial charge in [0.15, 0.2) is 0 Å². The largest absolute Gasteiger partial charge is 0.468 e. The van der Waals surface area contributed by atoms with E-state index < -0.39 is 17.5 Å². The van der Waals surface area contributed by atoms with Crippen molar-refractivity contribution < 1.29 is 23.8 Å². The van der Waals surface area contributed by atoms with Gasteiger partial charge in [0.05, 0.1) is 20.5 Å². The van der Waals surface area contributed by atoms with Gasteiger partial charge >= 0.3 is 17.5 Å². The van der Waals surface area contributed by atoms with Crippen LogP contribution < -0.4 is 0 Å². The third kappa shape index (κ3) is 1.48. The van der Waals surface area contributed by atoms with Gasteiger partial charge in [-0.25, -0.2) is 9.59 Å². The van der Waals surface area contributed by atoms with Crippen LogP contribution >= 0.6 is 0 Å². The number of ether oxygens (including phenoxy) is 3. The molecule has 76 valence electrons. The van der Waals surface area contributed by atoms with Gasteiger partial charge in [0.1, 0.15) is 0 Å². The topological polar surface area (TPSA) is 61.8 Å². The Kier molecular flexibility index (Phi) is 2.91. The highest BCUT2D eigenvalue weighted by Gasteiger charge is 2.49. The predicted molar refractivity (Wildman–Crippen MR) is 46.1 cm³/mol. The molecule has 0 N–H and O–H groups in total. The van der Waals surface area contributed by atoms with Gasteiger partial charge in [-0.05, 0) is 12.2 Å². The smallest absolute Gasteiger partial charge is 0.366 e. The highest BCUT2D eigenvalue weighted by Crippen LogP contribution is 2.21. The molecule has 0 aromatic carbocycles. The van der Waals surface area contributed by atoms with E-state index in [1.165, 1.54) is 32.6 Å². The molecule has 0 aromatic heterocycles. The number of hydrogen-bond donors (Lipinski definition) is 0. The molecular weight excluding hydrogens is 188 g/mol. The summed E-state index contributed by atoms with van der Waals surface area (Å²) in [6.07, 6.45) is 5.57. The Morgan fingerprint density at radius 3 is 2.07 bits per heavy atom. The van der Waals surface area contributed by atoms with E-state index in [-0.39, 0.29) is 0 Å². The summed E-state index contributed by atoms with van der Waals surface area (Å²) in [5, 5.41) is 0. The van der Waals surface area contributed by atoms with Crippen molar-refractivity contribution in [2.24, 2.45) is 0 Å². The van der Waals surface area contributed by atoms with Crippen LogP contribution in [0.4, 0.5) is 0 Å². The molecule has 0 saturated carbocycles. The van der Waals surface area contributed by atoms with Crippen molar-refractivity contribution in [3.05, 3.63) is 24.5 Å². The fourth-order valence-corrected chi connectivity index (χ4v) is 1.04. The minimum Gasteiger partial charge on any atom is -0.468 e. The number of carbonyl (C=O) groups excluding carboxylic acids is 2. The van der Waals surface area contributed by atoms with Crippen LogP contribution in [0.1, 0.15) is 0 Å². The molecule has 1 aliphatic rings. The zero-order chi connectivity index (χ0) is 10.6. The first kappa shape index (κ1) is 10.3. The number of methoxy groups -OCH3 is 2. The molecule has 0 atom stereocenters. The lowest BCUT2D eigenvalue weighted by Gasteiger charge is -2.25. The van der Waals surface area contributed by atoms with Gasteiger partial charge in [-0.15, -0.1) is 0 Å². The Morgan fingerprint density at radius 2 is 1.71 bits per heavy atom. The molecule has 1 rings (SSSR count). The van der Waals surface area contributed by atoms with E-state index in [1.807, 2.05) is 0 Å². The maximum atomic E-state index is 11.4. The second-order valence-corrected chi connectivity index (χ2v) is 2.52. The summed E-state index contributed by atoms with van der Waals surface area (Å²) >= 11 is 0. The second-order valence-electron chi connectivity index (χ2n) is 2.52. The van der Waals surface area contributed by atoms with Crippen LogP contribution in [-0.4, -0.2) is 31.8 Å². The Balaban J connectivity index is 3.02. The molecular formula is C9H10O5. The summed E-state index contributed by atoms with van der Waals surface area (Å²) in [6, 6.07) is 0. The molecule has 0 bridgehead atoms. The molecule has 1 heterocycles. The van der Waals surface area contributed by atoms with Crippen molar-refractivity contribution in [1.29, 1.82) is 0 Å². The van der Waals surface area contributed by atoms with Gasteiger partial charge in [-0.3, -0.25) is 0 Å². The number of carbonyl (C=O) groups is 2. The predicted octanol–water partition coefficient (Wildman–Crippen LogP) is 0.171. The van der Waals surface area contributed by atoms with E-state index >= 15 is 0 Å². The Morgan fingerprint density at radius 1 is 1.14 bits per heavy atom. The molecule has 0 unspecified atom stereocenters. The molecule has 0 saturated heterocycles. The average Bonchev–Trinajstić information content (AvgIpc) is 2.27. The average molecular weight is 198 g/mol. The molecule has 0 aromatic rings. The molecule has 5 nitrogen and oxygen atoms in total. The third-order valence-electron chi connectivity index (χ3n) is 1.75. The lowest BCUT2D eigenvalue weighted by atomic mass is 10.0. The van der Waals surface area contributed by atoms with Gasteiger partial charge in [0, 0.05) is 0 Å². The van der Waals surface area contributed by atoms with E-state index in [2.05, 4.69) is 9.47 Å². The van der Waals surface area contributed by atoms with E-state index in [9.17, 15) is 9.59 Å². The molecule has 1 aliphatic heterocycles. The van der Waals surface area contributed by atoms with E-state index in [0.717, 1.165) is 0 Å². The number of allylic oxidation sites excluding steroid dienone is 2. The molecule has 0 aliphatic carbocycles. The summed E-state index contributed by atoms with van der Waals surface area (Å²) in [4.78, 5) is 22.7. The summed E-state index contributed by atoms with van der Waals surface area (Å²) < 4.78 is 13.9. The van der Waals surface area contributed by atoms with Crippen molar-refractivity contribution in [3.63, 3.8) is 0 Å². The maximum Gasteiger partial charge on any atom is 0.366 e. The van der Waals surface area contributed by atoms with Gasteiger partial charge in [0.2, 0.25) is 0 Å². The standard InChI is InChI=1S/C9H10O5/c1-12-7(10)9(8(11)13-2)5-3-4-6-14-9/h3-6H,1-2H3. The Bertz CT molecular complexity index is 286. The molecule has 0 spiro atoms. The van der Waals surface area contributed by atoms with Crippen LogP contribution in [0.3, 0.4) is 0 Å². The first-order chi connectivity index (χ1) is 6.67. The van der Waals surface area contributed by atoms with Crippen LogP contribution in [0.25, 0.3) is 0 Å². The maximum absolute atomic E-state index is 11.4. The van der Waals surface area contributed by atoms with E-state index in [4.69, 9.17) is 4.74 Å². The molecule has 0 fully saturated rings. The van der Waals surface area contributed by atoms with Crippen LogP contribution in [0.5, 0.6) is 0 Å². The highest BCUT2D eigenvalue weighted by atomic mass is 16.6. The molecule has 0 radical (unpaired) electrons. The van der Waals surface area contributed by atoms with Crippen LogP contribution in [0.2, 0.25) is 0 Å². The van der Waals surface area contributed by atoms with Crippen molar-refractivity contribution in [2.45, 2.75) is 5.60 Å². The molecule has 14 heavy (non-hydrogen) atoms. The first-order valence-electron chi connectivity index (χ1n) is 3.86. The number of rotatable bonds is 2. The minimum absolute atomic E-state index is 0.815. The summed E-state index contributed by atoms with van der Waals surface area (Å²) in [5.41, 5.74) is -1.79. The first-order valence-corrected chi connectivity index (χ1v) is 3.86. The van der Waals surface area contributed by atoms with Gasteiger partial charge in [-0.2, -0.15) is 0 Å². The number of esters is 2. The van der Waals surface area contributed by atoms with Crippen LogP contribution in [0, 0.1) is 0 Å². The highest BCUT2D eigenvalue weighted by molar-refractivity contribution is 6.06. The quantitative estimate of drug-likeness (QED) is 0.467. The van der Waals surface area contributed by atoms with Gasteiger partial charge < -0.3 is 14.2 Å². The van der Waals surface area contributed by atoms with E-state index in [1.54, 1.807) is 6.08 Å². The number of hydrogen-bond acceptors (Lipinski definition) is 5. The third-order valence-corrected chi connectivity index (χ3v) is 1.75. The van der Waals surface area contributed by atoms with Crippen molar-refractivity contribution in [2.75, 3.05) is 14.2 Å². The zero-order valence-electron chi connectivity index (χ0n) is 7.85. The SMILES string of the molecule is COC(=O)C1(C(=O)OC)C=CC=CO1. The summed E-state index contributed by atoms with van der Waals surface area (Å²) in [5.74, 6) is -1.63. The van der Waals surface area contributed by atoms with Gasteiger partial charge in [-0.1, -0.05) is 6.08 Å². The normalized spacial score (nSPS) is 17.0.